The largest absolute Gasteiger partial charge is 0.358 e. The second kappa shape index (κ2) is 7.59. The second-order valence-corrected chi connectivity index (χ2v) is 6.24. The van der Waals surface area contributed by atoms with Crippen LogP contribution in [0.2, 0.25) is 0 Å². The zero-order valence-electron chi connectivity index (χ0n) is 14.5. The maximum Gasteiger partial charge on any atom is 0.233 e. The van der Waals surface area contributed by atoms with Crippen LogP contribution < -0.4 is 10.6 Å². The molecule has 0 unspecified atom stereocenters. The molecule has 1 aliphatic rings. The van der Waals surface area contributed by atoms with Gasteiger partial charge in [0.25, 0.3) is 0 Å². The van der Waals surface area contributed by atoms with E-state index in [1.165, 1.54) is 0 Å². The van der Waals surface area contributed by atoms with Crippen molar-refractivity contribution in [3.05, 3.63) is 17.0 Å². The summed E-state index contributed by atoms with van der Waals surface area (Å²) < 4.78 is 1.81. The lowest BCUT2D eigenvalue weighted by Crippen LogP contribution is -2.47. The summed E-state index contributed by atoms with van der Waals surface area (Å²) >= 11 is 0. The fraction of sp³-hybridized carbons (Fsp3) is 0.688. The maximum atomic E-state index is 12.3. The molecule has 0 aliphatic carbocycles. The van der Waals surface area contributed by atoms with Gasteiger partial charge in [-0.2, -0.15) is 5.10 Å². The van der Waals surface area contributed by atoms with Crippen LogP contribution in [0.25, 0.3) is 0 Å². The Labute approximate surface area is 137 Å². The van der Waals surface area contributed by atoms with Crippen molar-refractivity contribution in [3.8, 4) is 0 Å². The Kier molecular flexibility index (Phi) is 5.76. The van der Waals surface area contributed by atoms with E-state index in [0.29, 0.717) is 13.0 Å². The number of rotatable bonds is 5. The first-order valence-electron chi connectivity index (χ1n) is 8.12. The Balaban J connectivity index is 1.80. The van der Waals surface area contributed by atoms with Gasteiger partial charge in [0.2, 0.25) is 11.8 Å². The van der Waals surface area contributed by atoms with Gasteiger partial charge in [-0.25, -0.2) is 0 Å². The molecule has 0 aromatic carbocycles. The van der Waals surface area contributed by atoms with Crippen molar-refractivity contribution in [2.45, 2.75) is 39.2 Å². The predicted octanol–water partition coefficient (Wildman–Crippen LogP) is -0.0940. The van der Waals surface area contributed by atoms with Crippen LogP contribution in [-0.2, 0) is 23.1 Å². The van der Waals surface area contributed by atoms with Gasteiger partial charge in [0.05, 0.1) is 18.7 Å². The minimum atomic E-state index is 0.0370. The van der Waals surface area contributed by atoms with Gasteiger partial charge >= 0.3 is 0 Å². The van der Waals surface area contributed by atoms with E-state index in [2.05, 4.69) is 20.6 Å². The molecule has 7 heteroatoms. The first kappa shape index (κ1) is 17.5. The Morgan fingerprint density at radius 1 is 1.22 bits per heavy atom. The molecule has 1 fully saturated rings. The Morgan fingerprint density at radius 2 is 1.87 bits per heavy atom. The fourth-order valence-corrected chi connectivity index (χ4v) is 3.03. The van der Waals surface area contributed by atoms with Crippen LogP contribution >= 0.6 is 0 Å². The van der Waals surface area contributed by atoms with Crippen LogP contribution in [0, 0.1) is 13.8 Å². The third-order valence-corrected chi connectivity index (χ3v) is 4.59. The van der Waals surface area contributed by atoms with Crippen LogP contribution in [0.5, 0.6) is 0 Å². The molecule has 1 aromatic rings. The minimum absolute atomic E-state index is 0.0370. The summed E-state index contributed by atoms with van der Waals surface area (Å²) in [6.07, 6.45) is 2.14. The number of aryl methyl sites for hydroxylation is 2. The minimum Gasteiger partial charge on any atom is -0.358 e. The van der Waals surface area contributed by atoms with E-state index in [4.69, 9.17) is 0 Å². The molecule has 0 bridgehead atoms. The Hall–Kier alpha value is -1.89. The van der Waals surface area contributed by atoms with Crippen LogP contribution in [0.4, 0.5) is 0 Å². The van der Waals surface area contributed by atoms with Crippen molar-refractivity contribution in [3.63, 3.8) is 0 Å². The zero-order valence-corrected chi connectivity index (χ0v) is 14.5. The number of carbonyl (C=O) groups is 2. The van der Waals surface area contributed by atoms with Crippen molar-refractivity contribution in [2.24, 2.45) is 7.05 Å². The number of nitrogens with one attached hydrogen (secondary N) is 2. The first-order valence-corrected chi connectivity index (χ1v) is 8.12. The number of carbonyl (C=O) groups excluding carboxylic acids is 2. The smallest absolute Gasteiger partial charge is 0.233 e. The summed E-state index contributed by atoms with van der Waals surface area (Å²) in [6, 6.07) is 0.195. The van der Waals surface area contributed by atoms with Crippen molar-refractivity contribution < 1.29 is 9.59 Å². The van der Waals surface area contributed by atoms with Crippen molar-refractivity contribution >= 4 is 11.8 Å². The summed E-state index contributed by atoms with van der Waals surface area (Å²) in [5.74, 6) is 0.0870. The van der Waals surface area contributed by atoms with E-state index in [0.717, 1.165) is 42.9 Å². The van der Waals surface area contributed by atoms with Gasteiger partial charge in [0.1, 0.15) is 0 Å². The number of aromatic nitrogens is 2. The maximum absolute atomic E-state index is 12.3. The van der Waals surface area contributed by atoms with E-state index in [1.54, 1.807) is 7.05 Å². The summed E-state index contributed by atoms with van der Waals surface area (Å²) in [7, 11) is 3.55. The van der Waals surface area contributed by atoms with Crippen molar-refractivity contribution in [1.29, 1.82) is 0 Å². The number of piperidine rings is 1. The topological polar surface area (TPSA) is 79.3 Å². The van der Waals surface area contributed by atoms with E-state index >= 15 is 0 Å². The van der Waals surface area contributed by atoms with E-state index in [9.17, 15) is 9.59 Å². The lowest BCUT2D eigenvalue weighted by molar-refractivity contribution is -0.123. The van der Waals surface area contributed by atoms with Gasteiger partial charge in [0, 0.05) is 44.5 Å². The molecule has 1 saturated heterocycles. The van der Waals surface area contributed by atoms with Gasteiger partial charge in [-0.1, -0.05) is 0 Å². The van der Waals surface area contributed by atoms with Gasteiger partial charge < -0.3 is 10.6 Å². The standard InChI is InChI=1S/C16H27N5O2/c1-11-14(12(2)20(4)19-11)9-15(22)18-13-5-7-21(8-6-13)10-16(23)17-3/h13H,5-10H2,1-4H3,(H,17,23)(H,18,22). The summed E-state index contributed by atoms with van der Waals surface area (Å²) in [5.41, 5.74) is 2.97. The lowest BCUT2D eigenvalue weighted by atomic mass is 10.0. The van der Waals surface area contributed by atoms with Crippen molar-refractivity contribution in [2.75, 3.05) is 26.7 Å². The van der Waals surface area contributed by atoms with Crippen LogP contribution in [0.3, 0.4) is 0 Å². The van der Waals surface area contributed by atoms with Gasteiger partial charge in [-0.15, -0.1) is 0 Å². The molecular weight excluding hydrogens is 294 g/mol. The predicted molar refractivity (Wildman–Crippen MR) is 88.1 cm³/mol. The highest BCUT2D eigenvalue weighted by molar-refractivity contribution is 5.79. The molecule has 0 spiro atoms. The number of hydrogen-bond acceptors (Lipinski definition) is 4. The summed E-state index contributed by atoms with van der Waals surface area (Å²) in [5, 5.41) is 10.1. The molecule has 23 heavy (non-hydrogen) atoms. The quantitative estimate of drug-likeness (QED) is 0.794. The average Bonchev–Trinajstić information content (AvgIpc) is 2.75. The van der Waals surface area contributed by atoms with Crippen LogP contribution in [0.1, 0.15) is 29.8 Å². The SMILES string of the molecule is CNC(=O)CN1CCC(NC(=O)Cc2c(C)nn(C)c2C)CC1. The van der Waals surface area contributed by atoms with Crippen LogP contribution in [-0.4, -0.2) is 59.2 Å². The van der Waals surface area contributed by atoms with E-state index < -0.39 is 0 Å². The molecule has 0 saturated carbocycles. The van der Waals surface area contributed by atoms with Gasteiger partial charge in [0.15, 0.2) is 0 Å². The first-order chi connectivity index (χ1) is 10.9. The highest BCUT2D eigenvalue weighted by atomic mass is 16.2. The van der Waals surface area contributed by atoms with Gasteiger partial charge in [-0.3, -0.25) is 19.2 Å². The number of likely N-dealkylation sites (tertiary alicyclic amines) is 1. The fourth-order valence-electron chi connectivity index (χ4n) is 3.03. The van der Waals surface area contributed by atoms with Gasteiger partial charge in [-0.05, 0) is 26.7 Å². The lowest BCUT2D eigenvalue weighted by Gasteiger charge is -2.31. The zero-order chi connectivity index (χ0) is 17.0. The van der Waals surface area contributed by atoms with E-state index in [-0.39, 0.29) is 17.9 Å². The normalized spacial score (nSPS) is 16.3. The number of amides is 2. The number of nitrogens with zero attached hydrogens (tertiary/aromatic N) is 3. The Morgan fingerprint density at radius 3 is 2.39 bits per heavy atom. The molecule has 0 radical (unpaired) electrons. The number of hydrogen-bond donors (Lipinski definition) is 2. The summed E-state index contributed by atoms with van der Waals surface area (Å²) in [4.78, 5) is 25.8. The average molecular weight is 321 g/mol. The Bertz CT molecular complexity index is 573. The van der Waals surface area contributed by atoms with Crippen LogP contribution in [0.15, 0.2) is 0 Å². The molecule has 7 nitrogen and oxygen atoms in total. The third-order valence-electron chi connectivity index (χ3n) is 4.59. The molecule has 0 atom stereocenters. The molecule has 2 N–H and O–H groups in total. The second-order valence-electron chi connectivity index (χ2n) is 6.24. The highest BCUT2D eigenvalue weighted by Crippen LogP contribution is 2.14. The molecular formula is C16H27N5O2. The monoisotopic (exact) mass is 321 g/mol. The molecule has 2 amide bonds. The molecule has 1 aliphatic heterocycles. The molecule has 2 rings (SSSR count). The molecule has 1 aromatic heterocycles. The van der Waals surface area contributed by atoms with Crippen molar-refractivity contribution in [1.82, 2.24) is 25.3 Å². The van der Waals surface area contributed by atoms with E-state index in [1.807, 2.05) is 25.6 Å². The summed E-state index contributed by atoms with van der Waals surface area (Å²) in [6.45, 7) is 6.03. The molecule has 128 valence electrons. The number of likely N-dealkylation sites (N-methyl/N-ethyl adjacent to an activating group) is 1. The molecule has 2 heterocycles. The third kappa shape index (κ3) is 4.54. The highest BCUT2D eigenvalue weighted by Gasteiger charge is 2.22.